The van der Waals surface area contributed by atoms with Crippen LogP contribution in [0, 0.1) is 0 Å². The first-order valence-corrected chi connectivity index (χ1v) is 5.59. The van der Waals surface area contributed by atoms with E-state index in [1.54, 1.807) is 4.90 Å². The van der Waals surface area contributed by atoms with Crippen LogP contribution in [0.2, 0.25) is 0 Å². The Morgan fingerprint density at radius 3 is 2.53 bits per heavy atom. The molecule has 3 N–H and O–H groups in total. The molecule has 0 bridgehead atoms. The van der Waals surface area contributed by atoms with E-state index in [-0.39, 0.29) is 5.95 Å². The fourth-order valence-electron chi connectivity index (χ4n) is 1.79. The molecular weight excluding hydrogens is 263 g/mol. The third-order valence-electron chi connectivity index (χ3n) is 2.71. The van der Waals surface area contributed by atoms with Crippen molar-refractivity contribution < 1.29 is 18.0 Å². The van der Waals surface area contributed by atoms with E-state index in [1.165, 1.54) is 0 Å². The molecule has 1 saturated heterocycles. The van der Waals surface area contributed by atoms with Gasteiger partial charge in [0.15, 0.2) is 5.69 Å². The van der Waals surface area contributed by atoms with Gasteiger partial charge in [0, 0.05) is 32.4 Å². The van der Waals surface area contributed by atoms with Crippen molar-refractivity contribution in [2.24, 2.45) is 5.73 Å². The number of piperazine rings is 1. The van der Waals surface area contributed by atoms with Crippen LogP contribution in [-0.2, 0) is 6.18 Å². The monoisotopic (exact) mass is 275 g/mol. The van der Waals surface area contributed by atoms with E-state index >= 15 is 0 Å². The minimum Gasteiger partial charge on any atom is -0.365 e. The van der Waals surface area contributed by atoms with Crippen molar-refractivity contribution in [2.45, 2.75) is 6.18 Å². The average Bonchev–Trinajstić information content (AvgIpc) is 2.38. The number of nitrogens with zero attached hydrogens (tertiary/aromatic N) is 3. The molecule has 1 fully saturated rings. The highest BCUT2D eigenvalue weighted by molar-refractivity contribution is 5.93. The lowest BCUT2D eigenvalue weighted by Crippen LogP contribution is -2.44. The molecule has 6 nitrogen and oxygen atoms in total. The van der Waals surface area contributed by atoms with Gasteiger partial charge in [-0.15, -0.1) is 0 Å². The Morgan fingerprint density at radius 2 is 2.00 bits per heavy atom. The molecule has 0 aromatic carbocycles. The van der Waals surface area contributed by atoms with Crippen LogP contribution in [0.5, 0.6) is 0 Å². The summed E-state index contributed by atoms with van der Waals surface area (Å²) in [5.41, 5.74) is 2.89. The van der Waals surface area contributed by atoms with Crippen LogP contribution in [0.4, 0.5) is 19.1 Å². The number of carbonyl (C=O) groups is 1. The highest BCUT2D eigenvalue weighted by Crippen LogP contribution is 2.31. The van der Waals surface area contributed by atoms with Crippen LogP contribution in [-0.4, -0.2) is 42.1 Å². The van der Waals surface area contributed by atoms with Crippen LogP contribution in [0.3, 0.4) is 0 Å². The molecule has 104 valence electrons. The number of nitrogens with one attached hydrogen (secondary N) is 1. The standard InChI is InChI=1S/C10H12F3N5O/c11-10(12,13)7-6(8(14)19)5-16-9(17-7)18-3-1-15-2-4-18/h5,15H,1-4H2,(H2,14,19). The van der Waals surface area contributed by atoms with E-state index < -0.39 is 23.3 Å². The van der Waals surface area contributed by atoms with Gasteiger partial charge in [-0.2, -0.15) is 13.2 Å². The summed E-state index contributed by atoms with van der Waals surface area (Å²) in [5, 5.41) is 3.07. The topological polar surface area (TPSA) is 84.1 Å². The highest BCUT2D eigenvalue weighted by Gasteiger charge is 2.38. The maximum Gasteiger partial charge on any atom is 0.434 e. The van der Waals surface area contributed by atoms with Crippen molar-refractivity contribution in [3.63, 3.8) is 0 Å². The molecule has 1 aliphatic rings. The van der Waals surface area contributed by atoms with E-state index in [0.29, 0.717) is 26.2 Å². The molecule has 2 heterocycles. The smallest absolute Gasteiger partial charge is 0.365 e. The number of hydrogen-bond donors (Lipinski definition) is 2. The lowest BCUT2D eigenvalue weighted by Gasteiger charge is -2.27. The summed E-state index contributed by atoms with van der Waals surface area (Å²) in [6.07, 6.45) is -3.91. The van der Waals surface area contributed by atoms with E-state index in [9.17, 15) is 18.0 Å². The van der Waals surface area contributed by atoms with Gasteiger partial charge >= 0.3 is 6.18 Å². The maximum absolute atomic E-state index is 12.8. The first kappa shape index (κ1) is 13.5. The van der Waals surface area contributed by atoms with Crippen molar-refractivity contribution in [3.8, 4) is 0 Å². The molecule has 0 spiro atoms. The van der Waals surface area contributed by atoms with Gasteiger partial charge in [0.05, 0.1) is 5.56 Å². The third-order valence-corrected chi connectivity index (χ3v) is 2.71. The highest BCUT2D eigenvalue weighted by atomic mass is 19.4. The average molecular weight is 275 g/mol. The Bertz CT molecular complexity index is 485. The minimum absolute atomic E-state index is 0.0428. The van der Waals surface area contributed by atoms with Crippen LogP contribution in [0.25, 0.3) is 0 Å². The molecular formula is C10H12F3N5O. The Morgan fingerprint density at radius 1 is 1.37 bits per heavy atom. The number of rotatable bonds is 2. The number of anilines is 1. The molecule has 2 rings (SSSR count). The number of amides is 1. The number of alkyl halides is 3. The maximum atomic E-state index is 12.8. The minimum atomic E-state index is -4.74. The molecule has 1 amide bonds. The van der Waals surface area contributed by atoms with E-state index in [2.05, 4.69) is 15.3 Å². The fourth-order valence-corrected chi connectivity index (χ4v) is 1.79. The Labute approximate surface area is 106 Å². The quantitative estimate of drug-likeness (QED) is 0.794. The number of primary amides is 1. The number of carbonyl (C=O) groups excluding carboxylic acids is 1. The van der Waals surface area contributed by atoms with Crippen LogP contribution < -0.4 is 16.0 Å². The van der Waals surface area contributed by atoms with E-state index in [0.717, 1.165) is 6.20 Å². The molecule has 9 heteroatoms. The van der Waals surface area contributed by atoms with E-state index in [1.807, 2.05) is 0 Å². The van der Waals surface area contributed by atoms with Gasteiger partial charge in [0.1, 0.15) is 0 Å². The van der Waals surface area contributed by atoms with E-state index in [4.69, 9.17) is 5.73 Å². The number of aromatic nitrogens is 2. The number of nitrogens with two attached hydrogens (primary N) is 1. The second-order valence-corrected chi connectivity index (χ2v) is 4.03. The molecule has 0 saturated carbocycles. The zero-order chi connectivity index (χ0) is 14.0. The van der Waals surface area contributed by atoms with Gasteiger partial charge in [0.25, 0.3) is 5.91 Å². The summed E-state index contributed by atoms with van der Waals surface area (Å²) in [7, 11) is 0. The van der Waals surface area contributed by atoms with Crippen molar-refractivity contribution in [1.82, 2.24) is 15.3 Å². The second kappa shape index (κ2) is 5.00. The van der Waals surface area contributed by atoms with Gasteiger partial charge in [-0.1, -0.05) is 0 Å². The van der Waals surface area contributed by atoms with Gasteiger partial charge < -0.3 is 16.0 Å². The summed E-state index contributed by atoms with van der Waals surface area (Å²) in [6.45, 7) is 2.30. The summed E-state index contributed by atoms with van der Waals surface area (Å²) in [4.78, 5) is 19.8. The van der Waals surface area contributed by atoms with Gasteiger partial charge in [-0.25, -0.2) is 9.97 Å². The van der Waals surface area contributed by atoms with Crippen molar-refractivity contribution >= 4 is 11.9 Å². The molecule has 0 unspecified atom stereocenters. The zero-order valence-electron chi connectivity index (χ0n) is 9.87. The van der Waals surface area contributed by atoms with Crippen molar-refractivity contribution in [2.75, 3.05) is 31.1 Å². The van der Waals surface area contributed by atoms with Crippen LogP contribution in [0.1, 0.15) is 16.1 Å². The SMILES string of the molecule is NC(=O)c1cnc(N2CCNCC2)nc1C(F)(F)F. The molecule has 1 aliphatic heterocycles. The lowest BCUT2D eigenvalue weighted by atomic mass is 10.2. The van der Waals surface area contributed by atoms with Gasteiger partial charge in [0.2, 0.25) is 5.95 Å². The van der Waals surface area contributed by atoms with Crippen molar-refractivity contribution in [1.29, 1.82) is 0 Å². The number of halogens is 3. The second-order valence-electron chi connectivity index (χ2n) is 4.03. The molecule has 19 heavy (non-hydrogen) atoms. The summed E-state index contributed by atoms with van der Waals surface area (Å²) in [6, 6.07) is 0. The summed E-state index contributed by atoms with van der Waals surface area (Å²) < 4.78 is 38.5. The molecule has 0 atom stereocenters. The Kier molecular flexibility index (Phi) is 3.56. The largest absolute Gasteiger partial charge is 0.434 e. The predicted octanol–water partition coefficient (Wildman–Crippen LogP) is 0.00390. The lowest BCUT2D eigenvalue weighted by molar-refractivity contribution is -0.141. The molecule has 0 aliphatic carbocycles. The van der Waals surface area contributed by atoms with Crippen molar-refractivity contribution in [3.05, 3.63) is 17.5 Å². The predicted molar refractivity (Wildman–Crippen MR) is 60.6 cm³/mol. The van der Waals surface area contributed by atoms with Crippen LogP contribution in [0.15, 0.2) is 6.20 Å². The number of hydrogen-bond acceptors (Lipinski definition) is 5. The Hall–Kier alpha value is -1.90. The van der Waals surface area contributed by atoms with Crippen LogP contribution >= 0.6 is 0 Å². The van der Waals surface area contributed by atoms with Gasteiger partial charge in [-0.3, -0.25) is 4.79 Å². The third kappa shape index (κ3) is 2.92. The molecule has 0 radical (unpaired) electrons. The first-order chi connectivity index (χ1) is 8.89. The summed E-state index contributed by atoms with van der Waals surface area (Å²) >= 11 is 0. The summed E-state index contributed by atoms with van der Waals surface area (Å²) in [5.74, 6) is -1.24. The Balaban J connectivity index is 2.40. The molecule has 1 aromatic heterocycles. The normalized spacial score (nSPS) is 16.5. The van der Waals surface area contributed by atoms with Gasteiger partial charge in [-0.05, 0) is 0 Å². The fraction of sp³-hybridized carbons (Fsp3) is 0.500. The first-order valence-electron chi connectivity index (χ1n) is 5.59. The molecule has 1 aromatic rings. The zero-order valence-corrected chi connectivity index (χ0v) is 9.87.